The van der Waals surface area contributed by atoms with E-state index in [0.29, 0.717) is 6.04 Å². The third-order valence-corrected chi connectivity index (χ3v) is 3.34. The second kappa shape index (κ2) is 7.64. The maximum atomic E-state index is 12.3. The molecule has 1 fully saturated rings. The Kier molecular flexibility index (Phi) is 6.45. The molecule has 0 heterocycles. The largest absolute Gasteiger partial charge is 0.508 e. The number of ether oxygens (including phenoxy) is 1. The number of aromatic hydroxyl groups is 1. The molecule has 0 unspecified atom stereocenters. The monoisotopic (exact) mass is 361 g/mol. The summed E-state index contributed by atoms with van der Waals surface area (Å²) in [7, 11) is 0. The van der Waals surface area contributed by atoms with Gasteiger partial charge in [0.1, 0.15) is 17.2 Å². The molecule has 1 aromatic rings. The van der Waals surface area contributed by atoms with Gasteiger partial charge in [-0.1, -0.05) is 0 Å². The van der Waals surface area contributed by atoms with Crippen molar-refractivity contribution in [2.45, 2.75) is 51.7 Å². The van der Waals surface area contributed by atoms with Crippen LogP contribution >= 0.6 is 15.9 Å². The van der Waals surface area contributed by atoms with Crippen LogP contribution in [0.15, 0.2) is 22.7 Å². The van der Waals surface area contributed by atoms with Crippen LogP contribution in [-0.2, 0) is 4.74 Å². The highest BCUT2D eigenvalue weighted by Crippen LogP contribution is 2.20. The highest BCUT2D eigenvalue weighted by molar-refractivity contribution is 9.10. The Balaban J connectivity index is 0.000000219. The molecular weight excluding hydrogens is 341 g/mol. The quantitative estimate of drug-likeness (QED) is 0.781. The fourth-order valence-corrected chi connectivity index (χ4v) is 1.88. The van der Waals surface area contributed by atoms with Crippen molar-refractivity contribution in [3.63, 3.8) is 0 Å². The van der Waals surface area contributed by atoms with Gasteiger partial charge in [-0.15, -0.1) is 0 Å². The number of amides is 1. The Hall–Kier alpha value is -1.30. The number of hydrogen-bond donors (Lipinski definition) is 2. The predicted octanol–water partition coefficient (Wildman–Crippen LogP) is 4.36. The van der Waals surface area contributed by atoms with Crippen molar-refractivity contribution in [1.82, 2.24) is 5.32 Å². The fraction of sp³-hybridized carbons (Fsp3) is 0.533. The van der Waals surface area contributed by atoms with Crippen LogP contribution in [-0.4, -0.2) is 22.8 Å². The zero-order valence-electron chi connectivity index (χ0n) is 12.5. The van der Waals surface area contributed by atoms with Gasteiger partial charge in [0.05, 0.1) is 4.47 Å². The molecule has 0 spiro atoms. The van der Waals surface area contributed by atoms with Gasteiger partial charge >= 0.3 is 6.09 Å². The zero-order valence-corrected chi connectivity index (χ0v) is 14.0. The predicted molar refractivity (Wildman–Crippen MR) is 82.8 cm³/mol. The van der Waals surface area contributed by atoms with Gasteiger partial charge in [-0.3, -0.25) is 0 Å². The second-order valence-corrected chi connectivity index (χ2v) is 6.73. The van der Waals surface area contributed by atoms with Crippen LogP contribution < -0.4 is 5.32 Å². The Morgan fingerprint density at radius 3 is 2.43 bits per heavy atom. The molecule has 4 nitrogen and oxygen atoms in total. The molecule has 0 saturated heterocycles. The molecule has 1 amide bonds. The van der Waals surface area contributed by atoms with Gasteiger partial charge in [0.15, 0.2) is 0 Å². The molecule has 1 aliphatic rings. The SMILES string of the molecule is CC(C)(C)OC(=O)NC1CCC1.Oc1ccc(F)c(Br)c1. The van der Waals surface area contributed by atoms with Gasteiger partial charge in [-0.25, -0.2) is 9.18 Å². The highest BCUT2D eigenvalue weighted by Gasteiger charge is 2.22. The molecular formula is C15H21BrFNO3. The molecule has 2 N–H and O–H groups in total. The molecule has 0 aliphatic heterocycles. The number of halogens is 2. The van der Waals surface area contributed by atoms with E-state index in [2.05, 4.69) is 21.2 Å². The lowest BCUT2D eigenvalue weighted by Gasteiger charge is -2.28. The van der Waals surface area contributed by atoms with E-state index >= 15 is 0 Å². The summed E-state index contributed by atoms with van der Waals surface area (Å²) in [5.41, 5.74) is -0.381. The van der Waals surface area contributed by atoms with E-state index in [0.717, 1.165) is 12.8 Å². The molecule has 0 aromatic heterocycles. The second-order valence-electron chi connectivity index (χ2n) is 5.87. The van der Waals surface area contributed by atoms with Gasteiger partial charge in [0.25, 0.3) is 0 Å². The van der Waals surface area contributed by atoms with Crippen LogP contribution in [0.1, 0.15) is 40.0 Å². The van der Waals surface area contributed by atoms with E-state index in [1.807, 2.05) is 20.8 Å². The lowest BCUT2D eigenvalue weighted by Crippen LogP contribution is -2.42. The first-order chi connectivity index (χ1) is 9.67. The average molecular weight is 362 g/mol. The smallest absolute Gasteiger partial charge is 0.407 e. The van der Waals surface area contributed by atoms with Crippen molar-refractivity contribution < 1.29 is 19.0 Å². The number of phenols is 1. The molecule has 0 radical (unpaired) electrons. The molecule has 1 saturated carbocycles. The van der Waals surface area contributed by atoms with Gasteiger partial charge in [-0.2, -0.15) is 0 Å². The van der Waals surface area contributed by atoms with Gasteiger partial charge in [0, 0.05) is 6.04 Å². The van der Waals surface area contributed by atoms with Crippen LogP contribution in [0.2, 0.25) is 0 Å². The van der Waals surface area contributed by atoms with Crippen LogP contribution in [0.5, 0.6) is 5.75 Å². The number of carbonyl (C=O) groups excluding carboxylic acids is 1. The Morgan fingerprint density at radius 2 is 2.05 bits per heavy atom. The minimum atomic E-state index is -0.381. The van der Waals surface area contributed by atoms with Crippen LogP contribution in [0.25, 0.3) is 0 Å². The summed E-state index contributed by atoms with van der Waals surface area (Å²) in [6.45, 7) is 5.61. The number of benzene rings is 1. The maximum Gasteiger partial charge on any atom is 0.407 e. The van der Waals surface area contributed by atoms with Crippen LogP contribution in [0, 0.1) is 5.82 Å². The van der Waals surface area contributed by atoms with Crippen molar-refractivity contribution in [3.8, 4) is 5.75 Å². The highest BCUT2D eigenvalue weighted by atomic mass is 79.9. The summed E-state index contributed by atoms with van der Waals surface area (Å²) in [4.78, 5) is 11.1. The molecule has 0 atom stereocenters. The van der Waals surface area contributed by atoms with E-state index in [1.54, 1.807) is 0 Å². The normalized spacial score (nSPS) is 14.5. The number of phenolic OH excluding ortho intramolecular Hbond substituents is 1. The van der Waals surface area contributed by atoms with E-state index in [-0.39, 0.29) is 27.7 Å². The minimum Gasteiger partial charge on any atom is -0.508 e. The van der Waals surface area contributed by atoms with E-state index < -0.39 is 0 Å². The molecule has 2 rings (SSSR count). The first kappa shape index (κ1) is 17.8. The van der Waals surface area contributed by atoms with E-state index in [1.165, 1.54) is 24.6 Å². The zero-order chi connectivity index (χ0) is 16.0. The molecule has 1 aromatic carbocycles. The number of nitrogens with one attached hydrogen (secondary N) is 1. The van der Waals surface area contributed by atoms with Crippen molar-refractivity contribution in [2.24, 2.45) is 0 Å². The summed E-state index contributed by atoms with van der Waals surface area (Å²) in [5.74, 6) is -0.309. The number of alkyl carbamates (subject to hydrolysis) is 1. The van der Waals surface area contributed by atoms with Crippen molar-refractivity contribution in [1.29, 1.82) is 0 Å². The van der Waals surface area contributed by atoms with Crippen molar-refractivity contribution in [2.75, 3.05) is 0 Å². The molecule has 6 heteroatoms. The lowest BCUT2D eigenvalue weighted by atomic mass is 9.93. The van der Waals surface area contributed by atoms with Gasteiger partial charge < -0.3 is 15.2 Å². The summed E-state index contributed by atoms with van der Waals surface area (Å²) >= 11 is 2.91. The Morgan fingerprint density at radius 1 is 1.43 bits per heavy atom. The number of carbonyl (C=O) groups is 1. The fourth-order valence-electron chi connectivity index (χ4n) is 1.51. The Labute approximate surface area is 132 Å². The number of hydrogen-bond acceptors (Lipinski definition) is 3. The minimum absolute atomic E-state index is 0.0586. The van der Waals surface area contributed by atoms with Crippen molar-refractivity contribution >= 4 is 22.0 Å². The van der Waals surface area contributed by atoms with Crippen molar-refractivity contribution in [3.05, 3.63) is 28.5 Å². The third-order valence-electron chi connectivity index (χ3n) is 2.73. The van der Waals surface area contributed by atoms with Crippen LogP contribution in [0.4, 0.5) is 9.18 Å². The van der Waals surface area contributed by atoms with E-state index in [9.17, 15) is 9.18 Å². The first-order valence-corrected chi connectivity index (χ1v) is 7.60. The van der Waals surface area contributed by atoms with Gasteiger partial charge in [-0.05, 0) is 74.2 Å². The molecule has 0 bridgehead atoms. The van der Waals surface area contributed by atoms with E-state index in [4.69, 9.17) is 9.84 Å². The average Bonchev–Trinajstić information content (AvgIpc) is 2.28. The molecule has 1 aliphatic carbocycles. The summed E-state index contributed by atoms with van der Waals surface area (Å²) in [6, 6.07) is 4.15. The first-order valence-electron chi connectivity index (χ1n) is 6.81. The topological polar surface area (TPSA) is 58.6 Å². The Bertz CT molecular complexity index is 484. The maximum absolute atomic E-state index is 12.3. The lowest BCUT2D eigenvalue weighted by molar-refractivity contribution is 0.0480. The number of rotatable bonds is 1. The molecule has 118 valence electrons. The summed E-state index contributed by atoms with van der Waals surface area (Å²) in [6.07, 6.45) is 3.13. The standard InChI is InChI=1S/C9H17NO2.C6H4BrFO/c1-9(2,3)12-8(11)10-7-5-4-6-7;7-5-3-4(9)1-2-6(5)8/h7H,4-6H2,1-3H3,(H,10,11);1-3,9H. The molecule has 21 heavy (non-hydrogen) atoms. The summed E-state index contributed by atoms with van der Waals surface area (Å²) < 4.78 is 17.7. The summed E-state index contributed by atoms with van der Waals surface area (Å²) in [5, 5.41) is 11.6. The van der Waals surface area contributed by atoms with Crippen LogP contribution in [0.3, 0.4) is 0 Å². The van der Waals surface area contributed by atoms with Gasteiger partial charge in [0.2, 0.25) is 0 Å². The third kappa shape index (κ3) is 7.32.